The van der Waals surface area contributed by atoms with Gasteiger partial charge < -0.3 is 29.3 Å². The summed E-state index contributed by atoms with van der Waals surface area (Å²) < 4.78 is 27.7. The van der Waals surface area contributed by atoms with Gasteiger partial charge in [0.05, 0.1) is 32.0 Å². The summed E-state index contributed by atoms with van der Waals surface area (Å²) in [6.45, 7) is 7.38. The third-order valence-corrected chi connectivity index (χ3v) is 5.65. The van der Waals surface area contributed by atoms with Crippen molar-refractivity contribution in [3.8, 4) is 0 Å². The van der Waals surface area contributed by atoms with E-state index in [9.17, 15) is 14.2 Å². The van der Waals surface area contributed by atoms with Crippen LogP contribution in [0.5, 0.6) is 0 Å². The van der Waals surface area contributed by atoms with Crippen LogP contribution < -0.4 is 5.73 Å². The molecule has 1 aliphatic heterocycles. The molecule has 1 atom stereocenters. The topological polar surface area (TPSA) is 111 Å². The fraction of sp³-hybridized carbons (Fsp3) is 0.857. The molecular formula is C14H28N3O6P. The maximum atomic E-state index is 12.5. The van der Waals surface area contributed by atoms with Gasteiger partial charge in [-0.3, -0.25) is 9.36 Å². The zero-order valence-corrected chi connectivity index (χ0v) is 15.5. The maximum absolute atomic E-state index is 12.5. The van der Waals surface area contributed by atoms with Gasteiger partial charge in [0.25, 0.3) is 0 Å². The minimum Gasteiger partial charge on any atom is -0.450 e. The Bertz CT molecular complexity index is 457. The van der Waals surface area contributed by atoms with Crippen LogP contribution in [0, 0.1) is 0 Å². The van der Waals surface area contributed by atoms with Gasteiger partial charge in [-0.15, -0.1) is 0 Å². The van der Waals surface area contributed by atoms with E-state index in [1.54, 1.807) is 30.6 Å². The highest BCUT2D eigenvalue weighted by atomic mass is 31.2. The fourth-order valence-corrected chi connectivity index (χ4v) is 4.12. The van der Waals surface area contributed by atoms with E-state index in [0.717, 1.165) is 0 Å². The molecule has 1 fully saturated rings. The number of hydrogen-bond acceptors (Lipinski definition) is 7. The molecule has 0 unspecified atom stereocenters. The highest BCUT2D eigenvalue weighted by Gasteiger charge is 2.34. The van der Waals surface area contributed by atoms with Crippen LogP contribution in [0.15, 0.2) is 0 Å². The molecule has 0 aliphatic carbocycles. The molecule has 1 saturated heterocycles. The van der Waals surface area contributed by atoms with Crippen LogP contribution in [0.1, 0.15) is 20.8 Å². The van der Waals surface area contributed by atoms with Gasteiger partial charge in [-0.2, -0.15) is 0 Å². The van der Waals surface area contributed by atoms with Crippen molar-refractivity contribution in [2.75, 3.05) is 52.2 Å². The fourth-order valence-electron chi connectivity index (χ4n) is 2.41. The Morgan fingerprint density at radius 3 is 1.96 bits per heavy atom. The lowest BCUT2D eigenvalue weighted by Gasteiger charge is -2.35. The van der Waals surface area contributed by atoms with E-state index in [1.807, 2.05) is 0 Å². The number of ether oxygens (including phenoxy) is 1. The number of piperazine rings is 1. The number of nitrogens with zero attached hydrogens (tertiary/aromatic N) is 2. The van der Waals surface area contributed by atoms with E-state index >= 15 is 0 Å². The van der Waals surface area contributed by atoms with Gasteiger partial charge in [-0.05, 0) is 20.8 Å². The van der Waals surface area contributed by atoms with Crippen molar-refractivity contribution in [2.24, 2.45) is 5.73 Å². The van der Waals surface area contributed by atoms with Crippen molar-refractivity contribution in [1.29, 1.82) is 0 Å². The summed E-state index contributed by atoms with van der Waals surface area (Å²) >= 11 is 0. The molecule has 0 aromatic rings. The predicted molar refractivity (Wildman–Crippen MR) is 88.9 cm³/mol. The molecule has 2 N–H and O–H groups in total. The Morgan fingerprint density at radius 1 is 1.00 bits per heavy atom. The third kappa shape index (κ3) is 6.05. The normalized spacial score (nSPS) is 16.8. The molecule has 2 amide bonds. The van der Waals surface area contributed by atoms with Gasteiger partial charge in [0.2, 0.25) is 5.91 Å². The first-order chi connectivity index (χ1) is 11.4. The first-order valence-electron chi connectivity index (χ1n) is 8.21. The number of carbonyl (C=O) groups excluding carboxylic acids is 2. The van der Waals surface area contributed by atoms with E-state index in [4.69, 9.17) is 19.5 Å². The van der Waals surface area contributed by atoms with Crippen LogP contribution in [0.25, 0.3) is 0 Å². The van der Waals surface area contributed by atoms with Crippen LogP contribution in [0.2, 0.25) is 0 Å². The highest BCUT2D eigenvalue weighted by molar-refractivity contribution is 7.53. The summed E-state index contributed by atoms with van der Waals surface area (Å²) in [5, 5.41) is 0. The second-order valence-electron chi connectivity index (χ2n) is 5.25. The standard InChI is InChI=1S/C14H28N3O6P/c1-4-21-14(19)17-9-7-16(8-10-17)13(18)12(15)11-24(20,22-5-2)23-6-3/h12H,4-11,15H2,1-3H3/t12-/m1/s1. The van der Waals surface area contributed by atoms with Crippen LogP contribution in [-0.4, -0.2) is 80.0 Å². The molecule has 1 heterocycles. The molecule has 10 heteroatoms. The van der Waals surface area contributed by atoms with Crippen molar-refractivity contribution in [1.82, 2.24) is 9.80 Å². The van der Waals surface area contributed by atoms with Gasteiger partial charge in [0, 0.05) is 26.2 Å². The van der Waals surface area contributed by atoms with Crippen molar-refractivity contribution < 1.29 is 27.9 Å². The summed E-state index contributed by atoms with van der Waals surface area (Å²) in [5.74, 6) is -0.321. The molecule has 24 heavy (non-hydrogen) atoms. The first-order valence-corrected chi connectivity index (χ1v) is 9.93. The summed E-state index contributed by atoms with van der Waals surface area (Å²) in [5.41, 5.74) is 5.91. The lowest BCUT2D eigenvalue weighted by atomic mass is 10.2. The molecule has 0 aromatic carbocycles. The van der Waals surface area contributed by atoms with Crippen LogP contribution in [0.4, 0.5) is 4.79 Å². The molecule has 1 rings (SSSR count). The Morgan fingerprint density at radius 2 is 1.50 bits per heavy atom. The SMILES string of the molecule is CCOC(=O)N1CCN(C(=O)[C@H](N)CP(=O)(OCC)OCC)CC1. The predicted octanol–water partition coefficient (Wildman–Crippen LogP) is 0.881. The largest absolute Gasteiger partial charge is 0.450 e. The Hall–Kier alpha value is -1.15. The smallest absolute Gasteiger partial charge is 0.409 e. The maximum Gasteiger partial charge on any atom is 0.409 e. The molecular weight excluding hydrogens is 337 g/mol. The average molecular weight is 365 g/mol. The van der Waals surface area contributed by atoms with Gasteiger partial charge in [0.1, 0.15) is 0 Å². The molecule has 9 nitrogen and oxygen atoms in total. The van der Waals surface area contributed by atoms with Crippen molar-refractivity contribution >= 4 is 19.6 Å². The zero-order valence-electron chi connectivity index (χ0n) is 14.6. The van der Waals surface area contributed by atoms with Gasteiger partial charge in [-0.25, -0.2) is 4.79 Å². The van der Waals surface area contributed by atoms with E-state index in [-0.39, 0.29) is 31.4 Å². The monoisotopic (exact) mass is 365 g/mol. The summed E-state index contributed by atoms with van der Waals surface area (Å²) in [6, 6.07) is -0.969. The molecule has 0 bridgehead atoms. The minimum atomic E-state index is -3.37. The van der Waals surface area contributed by atoms with E-state index < -0.39 is 13.6 Å². The molecule has 140 valence electrons. The number of hydrogen-bond donors (Lipinski definition) is 1. The first kappa shape index (κ1) is 20.9. The molecule has 0 saturated carbocycles. The van der Waals surface area contributed by atoms with E-state index in [2.05, 4.69) is 0 Å². The summed E-state index contributed by atoms with van der Waals surface area (Å²) in [4.78, 5) is 27.2. The molecule has 0 spiro atoms. The molecule has 0 radical (unpaired) electrons. The van der Waals surface area contributed by atoms with Crippen LogP contribution in [0.3, 0.4) is 0 Å². The Balaban J connectivity index is 2.55. The minimum absolute atomic E-state index is 0.161. The van der Waals surface area contributed by atoms with E-state index in [1.165, 1.54) is 0 Å². The van der Waals surface area contributed by atoms with Crippen molar-refractivity contribution in [2.45, 2.75) is 26.8 Å². The van der Waals surface area contributed by atoms with E-state index in [0.29, 0.717) is 32.8 Å². The van der Waals surface area contributed by atoms with Gasteiger partial charge in [0.15, 0.2) is 0 Å². The van der Waals surface area contributed by atoms with Crippen molar-refractivity contribution in [3.05, 3.63) is 0 Å². The number of carbonyl (C=O) groups is 2. The zero-order chi connectivity index (χ0) is 18.2. The van der Waals surface area contributed by atoms with Gasteiger partial charge in [-0.1, -0.05) is 0 Å². The van der Waals surface area contributed by atoms with Crippen LogP contribution in [-0.2, 0) is 23.1 Å². The summed E-state index contributed by atoms with van der Waals surface area (Å²) in [7, 11) is -3.37. The van der Waals surface area contributed by atoms with Crippen molar-refractivity contribution in [3.63, 3.8) is 0 Å². The Labute approximate surface area is 142 Å². The number of nitrogens with two attached hydrogens (primary N) is 1. The van der Waals surface area contributed by atoms with Gasteiger partial charge >= 0.3 is 13.7 Å². The number of rotatable bonds is 8. The number of amides is 2. The Kier molecular flexibility index (Phi) is 8.69. The average Bonchev–Trinajstić information content (AvgIpc) is 2.54. The lowest BCUT2D eigenvalue weighted by molar-refractivity contribution is -0.133. The second-order valence-corrected chi connectivity index (χ2v) is 7.35. The highest BCUT2D eigenvalue weighted by Crippen LogP contribution is 2.48. The lowest BCUT2D eigenvalue weighted by Crippen LogP contribution is -2.55. The molecule has 1 aliphatic rings. The third-order valence-electron chi connectivity index (χ3n) is 3.51. The quantitative estimate of drug-likeness (QED) is 0.636. The molecule has 0 aromatic heterocycles. The second kappa shape index (κ2) is 9.98. The van der Waals surface area contributed by atoms with Crippen LogP contribution >= 0.6 is 7.60 Å². The summed E-state index contributed by atoms with van der Waals surface area (Å²) in [6.07, 6.45) is -0.544.